The maximum absolute atomic E-state index is 5.59. The second-order valence-corrected chi connectivity index (χ2v) is 6.35. The highest BCUT2D eigenvalue weighted by molar-refractivity contribution is 5.30. The fraction of sp³-hybridized carbons (Fsp3) is 0.647. The van der Waals surface area contributed by atoms with Crippen molar-refractivity contribution >= 4 is 0 Å². The Morgan fingerprint density at radius 3 is 2.47 bits per heavy atom. The third kappa shape index (κ3) is 4.87. The molecule has 1 N–H and O–H groups in total. The summed E-state index contributed by atoms with van der Waals surface area (Å²) in [5, 5.41) is 3.44. The fourth-order valence-corrected chi connectivity index (χ4v) is 2.12. The molecule has 1 rings (SSSR count). The number of hydrogen-bond acceptors (Lipinski definition) is 2. The highest BCUT2D eigenvalue weighted by atomic mass is 16.5. The normalized spacial score (nSPS) is 15.1. The Bertz CT molecular complexity index is 381. The molecule has 19 heavy (non-hydrogen) atoms. The van der Waals surface area contributed by atoms with Gasteiger partial charge in [0, 0.05) is 6.04 Å². The molecule has 0 aliphatic heterocycles. The minimum atomic E-state index is 0.340. The second-order valence-electron chi connectivity index (χ2n) is 6.35. The lowest BCUT2D eigenvalue weighted by molar-refractivity contribution is 0.226. The van der Waals surface area contributed by atoms with Crippen LogP contribution in [-0.4, -0.2) is 13.7 Å². The summed E-state index contributed by atoms with van der Waals surface area (Å²) in [5.74, 6) is 1.62. The van der Waals surface area contributed by atoms with Crippen molar-refractivity contribution in [3.8, 4) is 5.75 Å². The van der Waals surface area contributed by atoms with Crippen molar-refractivity contribution in [2.75, 3.05) is 13.7 Å². The highest BCUT2D eigenvalue weighted by Crippen LogP contribution is 2.33. The van der Waals surface area contributed by atoms with Gasteiger partial charge in [-0.2, -0.15) is 0 Å². The monoisotopic (exact) mass is 263 g/mol. The summed E-state index contributed by atoms with van der Waals surface area (Å²) in [6, 6.07) is 8.81. The first kappa shape index (κ1) is 16.0. The zero-order valence-electron chi connectivity index (χ0n) is 13.3. The Morgan fingerprint density at radius 1 is 1.26 bits per heavy atom. The van der Waals surface area contributed by atoms with E-state index >= 15 is 0 Å². The van der Waals surface area contributed by atoms with Crippen molar-refractivity contribution in [1.29, 1.82) is 0 Å². The molecule has 0 radical (unpaired) electrons. The van der Waals surface area contributed by atoms with E-state index in [9.17, 15) is 0 Å². The zero-order chi connectivity index (χ0) is 14.5. The Hall–Kier alpha value is -1.02. The quantitative estimate of drug-likeness (QED) is 0.820. The molecule has 0 heterocycles. The van der Waals surface area contributed by atoms with Crippen molar-refractivity contribution < 1.29 is 4.74 Å². The second kappa shape index (κ2) is 6.95. The van der Waals surface area contributed by atoms with Gasteiger partial charge in [-0.25, -0.2) is 0 Å². The SMILES string of the molecule is CCOc1cccc(C(CC(C)C(C)(C)C)NC)c1. The average molecular weight is 263 g/mol. The molecule has 0 spiro atoms. The van der Waals surface area contributed by atoms with E-state index in [1.165, 1.54) is 5.56 Å². The van der Waals surface area contributed by atoms with E-state index in [0.29, 0.717) is 24.0 Å². The lowest BCUT2D eigenvalue weighted by Crippen LogP contribution is -2.25. The van der Waals surface area contributed by atoms with Gasteiger partial charge >= 0.3 is 0 Å². The lowest BCUT2D eigenvalue weighted by Gasteiger charge is -2.31. The van der Waals surface area contributed by atoms with Gasteiger partial charge in [0.05, 0.1) is 6.61 Å². The van der Waals surface area contributed by atoms with E-state index in [0.717, 1.165) is 12.2 Å². The molecule has 2 unspecified atom stereocenters. The van der Waals surface area contributed by atoms with Crippen LogP contribution in [0.2, 0.25) is 0 Å². The van der Waals surface area contributed by atoms with Crippen LogP contribution in [0.25, 0.3) is 0 Å². The van der Waals surface area contributed by atoms with Crippen molar-refractivity contribution in [3.05, 3.63) is 29.8 Å². The predicted octanol–water partition coefficient (Wildman–Crippen LogP) is 4.42. The molecule has 0 saturated heterocycles. The molecule has 0 aromatic heterocycles. The Balaban J connectivity index is 2.82. The summed E-state index contributed by atoms with van der Waals surface area (Å²) < 4.78 is 5.59. The Labute approximate surface area is 118 Å². The van der Waals surface area contributed by atoms with E-state index in [1.807, 2.05) is 20.0 Å². The van der Waals surface area contributed by atoms with Gasteiger partial charge in [0.2, 0.25) is 0 Å². The predicted molar refractivity (Wildman–Crippen MR) is 82.6 cm³/mol. The molecular formula is C17H29NO. The third-order valence-corrected chi connectivity index (χ3v) is 3.99. The van der Waals surface area contributed by atoms with E-state index in [2.05, 4.69) is 51.2 Å². The van der Waals surface area contributed by atoms with Crippen LogP contribution in [0.15, 0.2) is 24.3 Å². The zero-order valence-corrected chi connectivity index (χ0v) is 13.3. The van der Waals surface area contributed by atoms with Crippen molar-refractivity contribution in [3.63, 3.8) is 0 Å². The van der Waals surface area contributed by atoms with Crippen LogP contribution in [-0.2, 0) is 0 Å². The first-order valence-electron chi connectivity index (χ1n) is 7.28. The van der Waals surface area contributed by atoms with Gasteiger partial charge < -0.3 is 10.1 Å². The van der Waals surface area contributed by atoms with Gasteiger partial charge in [-0.1, -0.05) is 39.8 Å². The molecule has 0 aliphatic rings. The van der Waals surface area contributed by atoms with Gasteiger partial charge in [0.15, 0.2) is 0 Å². The molecule has 2 atom stereocenters. The van der Waals surface area contributed by atoms with Crippen LogP contribution in [0, 0.1) is 11.3 Å². The number of benzene rings is 1. The first-order valence-corrected chi connectivity index (χ1v) is 7.28. The van der Waals surface area contributed by atoms with E-state index in [1.54, 1.807) is 0 Å². The molecule has 108 valence electrons. The van der Waals surface area contributed by atoms with Crippen LogP contribution in [0.3, 0.4) is 0 Å². The third-order valence-electron chi connectivity index (χ3n) is 3.99. The smallest absolute Gasteiger partial charge is 0.119 e. The maximum Gasteiger partial charge on any atom is 0.119 e. The molecule has 2 heteroatoms. The van der Waals surface area contributed by atoms with Gasteiger partial charge in [-0.3, -0.25) is 0 Å². The molecule has 0 amide bonds. The highest BCUT2D eigenvalue weighted by Gasteiger charge is 2.23. The van der Waals surface area contributed by atoms with Crippen molar-refractivity contribution in [2.45, 2.75) is 47.1 Å². The topological polar surface area (TPSA) is 21.3 Å². The van der Waals surface area contributed by atoms with E-state index in [4.69, 9.17) is 4.74 Å². The maximum atomic E-state index is 5.59. The van der Waals surface area contributed by atoms with E-state index in [-0.39, 0.29) is 0 Å². The molecule has 0 bridgehead atoms. The molecule has 0 saturated carbocycles. The minimum Gasteiger partial charge on any atom is -0.494 e. The number of hydrogen-bond donors (Lipinski definition) is 1. The Kier molecular flexibility index (Phi) is 5.86. The summed E-state index contributed by atoms with van der Waals surface area (Å²) in [6.45, 7) is 12.0. The van der Waals surface area contributed by atoms with Gasteiger partial charge in [0.25, 0.3) is 0 Å². The fourth-order valence-electron chi connectivity index (χ4n) is 2.12. The van der Waals surface area contributed by atoms with Crippen molar-refractivity contribution in [1.82, 2.24) is 5.32 Å². The van der Waals surface area contributed by atoms with Crippen LogP contribution < -0.4 is 10.1 Å². The van der Waals surface area contributed by atoms with Crippen LogP contribution in [0.4, 0.5) is 0 Å². The van der Waals surface area contributed by atoms with Crippen LogP contribution >= 0.6 is 0 Å². The summed E-state index contributed by atoms with van der Waals surface area (Å²) in [4.78, 5) is 0. The molecule has 2 nitrogen and oxygen atoms in total. The van der Waals surface area contributed by atoms with Gasteiger partial charge in [-0.15, -0.1) is 0 Å². The van der Waals surface area contributed by atoms with Gasteiger partial charge in [0.1, 0.15) is 5.75 Å². The Morgan fingerprint density at radius 2 is 1.95 bits per heavy atom. The lowest BCUT2D eigenvalue weighted by atomic mass is 9.77. The number of ether oxygens (including phenoxy) is 1. The minimum absolute atomic E-state index is 0.340. The van der Waals surface area contributed by atoms with Crippen molar-refractivity contribution in [2.24, 2.45) is 11.3 Å². The van der Waals surface area contributed by atoms with Gasteiger partial charge in [-0.05, 0) is 49.4 Å². The number of rotatable bonds is 6. The summed E-state index contributed by atoms with van der Waals surface area (Å²) in [6.07, 6.45) is 1.13. The molecule has 1 aromatic carbocycles. The molecule has 0 fully saturated rings. The standard InChI is InChI=1S/C17H29NO/c1-7-19-15-10-8-9-14(12-15)16(18-6)11-13(2)17(3,4)5/h8-10,12-13,16,18H,7,11H2,1-6H3. The number of nitrogens with one attached hydrogen (secondary N) is 1. The summed E-state index contributed by atoms with van der Waals surface area (Å²) >= 11 is 0. The summed E-state index contributed by atoms with van der Waals surface area (Å²) in [5.41, 5.74) is 1.65. The average Bonchev–Trinajstić information content (AvgIpc) is 2.35. The molecule has 0 aliphatic carbocycles. The van der Waals surface area contributed by atoms with E-state index < -0.39 is 0 Å². The van der Waals surface area contributed by atoms with Crippen LogP contribution in [0.5, 0.6) is 5.75 Å². The molecular weight excluding hydrogens is 234 g/mol. The summed E-state index contributed by atoms with van der Waals surface area (Å²) in [7, 11) is 2.04. The molecule has 1 aromatic rings. The van der Waals surface area contributed by atoms with Crippen LogP contribution in [0.1, 0.15) is 52.6 Å². The first-order chi connectivity index (χ1) is 8.88. The largest absolute Gasteiger partial charge is 0.494 e.